The summed E-state index contributed by atoms with van der Waals surface area (Å²) >= 11 is 5.90. The van der Waals surface area contributed by atoms with E-state index in [-0.39, 0.29) is 29.4 Å². The summed E-state index contributed by atoms with van der Waals surface area (Å²) in [5.41, 5.74) is 5.93. The molecule has 0 saturated heterocycles. The van der Waals surface area contributed by atoms with Gasteiger partial charge in [0.25, 0.3) is 0 Å². The predicted octanol–water partition coefficient (Wildman–Crippen LogP) is 1.85. The fourth-order valence-corrected chi connectivity index (χ4v) is 3.46. The van der Waals surface area contributed by atoms with Gasteiger partial charge in [-0.25, -0.2) is 8.42 Å². The summed E-state index contributed by atoms with van der Waals surface area (Å²) in [7, 11) is -3.68. The van der Waals surface area contributed by atoms with E-state index < -0.39 is 10.0 Å². The molecule has 1 rings (SSSR count). The normalized spacial score (nSPS) is 11.4. The minimum Gasteiger partial charge on any atom is -0.399 e. The van der Waals surface area contributed by atoms with Crippen molar-refractivity contribution in [2.45, 2.75) is 18.2 Å². The Balaban J connectivity index is 3.15. The maximum Gasteiger partial charge on any atom is 0.244 e. The molecule has 0 radical (unpaired) electrons. The van der Waals surface area contributed by atoms with Gasteiger partial charge in [0.2, 0.25) is 10.0 Å². The fraction of sp³-hybridized carbons (Fsp3) is 0.364. The molecule has 98 valence electrons. The lowest BCUT2D eigenvalue weighted by atomic mass is 10.3. The van der Waals surface area contributed by atoms with E-state index in [0.29, 0.717) is 5.69 Å². The van der Waals surface area contributed by atoms with Gasteiger partial charge in [-0.15, -0.1) is 0 Å². The highest BCUT2D eigenvalue weighted by atomic mass is 35.5. The first-order valence-electron chi connectivity index (χ1n) is 5.35. The Labute approximate surface area is 112 Å². The molecule has 0 saturated carbocycles. The van der Waals surface area contributed by atoms with Crippen molar-refractivity contribution in [1.82, 2.24) is 4.31 Å². The Morgan fingerprint density at radius 1 is 1.50 bits per heavy atom. The Kier molecular flexibility index (Phi) is 4.96. The lowest BCUT2D eigenvalue weighted by molar-refractivity contribution is 0.435. The maximum absolute atomic E-state index is 12.3. The van der Waals surface area contributed by atoms with Gasteiger partial charge < -0.3 is 5.73 Å². The lowest BCUT2D eigenvalue weighted by Crippen LogP contribution is -2.32. The highest BCUT2D eigenvalue weighted by Gasteiger charge is 2.25. The van der Waals surface area contributed by atoms with Gasteiger partial charge in [-0.1, -0.05) is 18.5 Å². The van der Waals surface area contributed by atoms with Crippen molar-refractivity contribution in [3.05, 3.63) is 23.2 Å². The first kappa shape index (κ1) is 14.8. The summed E-state index contributed by atoms with van der Waals surface area (Å²) in [6.45, 7) is 2.14. The molecule has 0 aromatic heterocycles. The Morgan fingerprint density at radius 3 is 2.67 bits per heavy atom. The summed E-state index contributed by atoms with van der Waals surface area (Å²) in [6, 6.07) is 6.18. The molecule has 1 aromatic rings. The number of nitrogen functional groups attached to an aromatic ring is 1. The van der Waals surface area contributed by atoms with Crippen LogP contribution in [-0.4, -0.2) is 25.8 Å². The standard InChI is InChI=1S/C11H14ClN3O2S/c1-2-15(7-3-6-13)18(16,17)11-5-4-9(14)8-10(11)12/h4-5,8H,2-3,7,14H2,1H3. The third-order valence-corrected chi connectivity index (χ3v) is 4.86. The van der Waals surface area contributed by atoms with Gasteiger partial charge >= 0.3 is 0 Å². The van der Waals surface area contributed by atoms with Crippen molar-refractivity contribution in [1.29, 1.82) is 5.26 Å². The van der Waals surface area contributed by atoms with Gasteiger partial charge in [-0.05, 0) is 18.2 Å². The molecule has 0 fully saturated rings. The van der Waals surface area contributed by atoms with Gasteiger partial charge in [0.05, 0.1) is 11.1 Å². The van der Waals surface area contributed by atoms with Crippen molar-refractivity contribution in [2.24, 2.45) is 0 Å². The highest BCUT2D eigenvalue weighted by Crippen LogP contribution is 2.26. The van der Waals surface area contributed by atoms with Crippen molar-refractivity contribution in [2.75, 3.05) is 18.8 Å². The van der Waals surface area contributed by atoms with Crippen LogP contribution in [0, 0.1) is 11.3 Å². The molecule has 7 heteroatoms. The number of hydrogen-bond donors (Lipinski definition) is 1. The summed E-state index contributed by atoms with van der Waals surface area (Å²) in [5.74, 6) is 0. The van der Waals surface area contributed by atoms with Crippen LogP contribution in [0.2, 0.25) is 5.02 Å². The molecule has 0 aliphatic rings. The SMILES string of the molecule is CCN(CCC#N)S(=O)(=O)c1ccc(N)cc1Cl. The second-order valence-corrected chi connectivity index (χ2v) is 5.91. The van der Waals surface area contributed by atoms with E-state index in [2.05, 4.69) is 0 Å². The van der Waals surface area contributed by atoms with Gasteiger partial charge in [-0.2, -0.15) is 9.57 Å². The summed E-state index contributed by atoms with van der Waals surface area (Å²) < 4.78 is 25.8. The number of benzene rings is 1. The van der Waals surface area contributed by atoms with E-state index in [1.165, 1.54) is 22.5 Å². The first-order chi connectivity index (χ1) is 8.43. The maximum atomic E-state index is 12.3. The van der Waals surface area contributed by atoms with Crippen molar-refractivity contribution in [3.63, 3.8) is 0 Å². The van der Waals surface area contributed by atoms with Gasteiger partial charge in [0.15, 0.2) is 0 Å². The molecule has 5 nitrogen and oxygen atoms in total. The van der Waals surface area contributed by atoms with Gasteiger partial charge in [0, 0.05) is 25.2 Å². The van der Waals surface area contributed by atoms with Gasteiger partial charge in [-0.3, -0.25) is 0 Å². The molecule has 0 amide bonds. The number of nitriles is 1. The average Bonchev–Trinajstić information content (AvgIpc) is 2.29. The number of nitrogens with two attached hydrogens (primary N) is 1. The number of halogens is 1. The van der Waals surface area contributed by atoms with Crippen molar-refractivity contribution < 1.29 is 8.42 Å². The van der Waals surface area contributed by atoms with E-state index in [1.54, 1.807) is 6.92 Å². The molecule has 0 bridgehead atoms. The molecule has 18 heavy (non-hydrogen) atoms. The molecule has 0 atom stereocenters. The first-order valence-corrected chi connectivity index (χ1v) is 7.17. The highest BCUT2D eigenvalue weighted by molar-refractivity contribution is 7.89. The largest absolute Gasteiger partial charge is 0.399 e. The van der Waals surface area contributed by atoms with Crippen LogP contribution in [0.1, 0.15) is 13.3 Å². The van der Waals surface area contributed by atoms with Crippen LogP contribution in [0.5, 0.6) is 0 Å². The number of rotatable bonds is 5. The summed E-state index contributed by atoms with van der Waals surface area (Å²) in [4.78, 5) is 0.0122. The molecule has 0 spiro atoms. The van der Waals surface area contributed by atoms with E-state index in [0.717, 1.165) is 0 Å². The van der Waals surface area contributed by atoms with Crippen LogP contribution in [-0.2, 0) is 10.0 Å². The number of nitrogens with zero attached hydrogens (tertiary/aromatic N) is 2. The number of hydrogen-bond acceptors (Lipinski definition) is 4. The number of anilines is 1. The second kappa shape index (κ2) is 6.05. The Morgan fingerprint density at radius 2 is 2.17 bits per heavy atom. The van der Waals surface area contributed by atoms with Crippen LogP contribution >= 0.6 is 11.6 Å². The van der Waals surface area contributed by atoms with E-state index in [4.69, 9.17) is 22.6 Å². The van der Waals surface area contributed by atoms with E-state index in [1.807, 2.05) is 6.07 Å². The number of sulfonamides is 1. The summed E-state index contributed by atoms with van der Waals surface area (Å²) in [5, 5.41) is 8.61. The van der Waals surface area contributed by atoms with E-state index in [9.17, 15) is 8.42 Å². The molecular formula is C11H14ClN3O2S. The van der Waals surface area contributed by atoms with E-state index >= 15 is 0 Å². The van der Waals surface area contributed by atoms with Gasteiger partial charge in [0.1, 0.15) is 4.90 Å². The molecule has 2 N–H and O–H groups in total. The third kappa shape index (κ3) is 3.13. The zero-order valence-corrected chi connectivity index (χ0v) is 11.5. The third-order valence-electron chi connectivity index (χ3n) is 2.40. The fourth-order valence-electron chi connectivity index (χ4n) is 1.49. The van der Waals surface area contributed by atoms with Crippen LogP contribution in [0.25, 0.3) is 0 Å². The average molecular weight is 288 g/mol. The Hall–Kier alpha value is -1.29. The van der Waals surface area contributed by atoms with Crippen LogP contribution in [0.3, 0.4) is 0 Å². The minimum atomic E-state index is -3.68. The lowest BCUT2D eigenvalue weighted by Gasteiger charge is -2.19. The molecule has 0 unspecified atom stereocenters. The smallest absolute Gasteiger partial charge is 0.244 e. The molecule has 1 aromatic carbocycles. The van der Waals surface area contributed by atoms with Crippen LogP contribution in [0.15, 0.2) is 23.1 Å². The zero-order valence-electron chi connectivity index (χ0n) is 9.93. The van der Waals surface area contributed by atoms with Crippen molar-refractivity contribution >= 4 is 27.3 Å². The predicted molar refractivity (Wildman–Crippen MR) is 70.5 cm³/mol. The summed E-state index contributed by atoms with van der Waals surface area (Å²) in [6.07, 6.45) is 0.139. The molecule has 0 heterocycles. The molecule has 0 aliphatic heterocycles. The zero-order chi connectivity index (χ0) is 13.8. The monoisotopic (exact) mass is 287 g/mol. The van der Waals surface area contributed by atoms with Crippen LogP contribution in [0.4, 0.5) is 5.69 Å². The Bertz CT molecular complexity index is 566. The second-order valence-electron chi connectivity index (χ2n) is 3.59. The molecular weight excluding hydrogens is 274 g/mol. The quantitative estimate of drug-likeness (QED) is 0.837. The molecule has 0 aliphatic carbocycles. The van der Waals surface area contributed by atoms with Crippen LogP contribution < -0.4 is 5.73 Å². The van der Waals surface area contributed by atoms with Crippen molar-refractivity contribution in [3.8, 4) is 6.07 Å². The topological polar surface area (TPSA) is 87.2 Å². The minimum absolute atomic E-state index is 0.0122.